The van der Waals surface area contributed by atoms with Crippen LogP contribution in [0.15, 0.2) is 12.1 Å². The molecule has 0 heterocycles. The van der Waals surface area contributed by atoms with Crippen LogP contribution in [-0.4, -0.2) is 18.2 Å². The Hall–Kier alpha value is -1.26. The number of hydrogen-bond acceptors (Lipinski definition) is 3. The van der Waals surface area contributed by atoms with Crippen LogP contribution in [0.3, 0.4) is 0 Å². The Kier molecular flexibility index (Phi) is 3.55. The van der Waals surface area contributed by atoms with Gasteiger partial charge in [-0.2, -0.15) is 0 Å². The number of benzene rings is 1. The highest BCUT2D eigenvalue weighted by Gasteiger charge is 2.18. The maximum absolute atomic E-state index is 10.7. The number of carboxylic acid groups (broad SMARTS) is 1. The predicted molar refractivity (Wildman–Crippen MR) is 57.3 cm³/mol. The number of carbonyl (C=O) groups is 1. The average molecular weight is 230 g/mol. The van der Waals surface area contributed by atoms with Gasteiger partial charge in [0.05, 0.1) is 12.1 Å². The molecular formula is C10H12ClNO3. The van der Waals surface area contributed by atoms with Crippen molar-refractivity contribution in [3.05, 3.63) is 28.3 Å². The van der Waals surface area contributed by atoms with Crippen molar-refractivity contribution in [2.24, 2.45) is 5.73 Å². The average Bonchev–Trinajstić information content (AvgIpc) is 2.19. The summed E-state index contributed by atoms with van der Waals surface area (Å²) >= 11 is 5.88. The van der Waals surface area contributed by atoms with Crippen molar-refractivity contribution in [1.29, 1.82) is 0 Å². The van der Waals surface area contributed by atoms with E-state index in [0.29, 0.717) is 16.3 Å². The molecule has 1 atom stereocenters. The Balaban J connectivity index is 3.21. The molecular weight excluding hydrogens is 218 g/mol. The Morgan fingerprint density at radius 1 is 1.60 bits per heavy atom. The van der Waals surface area contributed by atoms with E-state index in [-0.39, 0.29) is 0 Å². The van der Waals surface area contributed by atoms with Crippen molar-refractivity contribution in [3.8, 4) is 5.75 Å². The van der Waals surface area contributed by atoms with Crippen molar-refractivity contribution in [2.75, 3.05) is 7.11 Å². The van der Waals surface area contributed by atoms with Crippen LogP contribution < -0.4 is 10.5 Å². The van der Waals surface area contributed by atoms with Gasteiger partial charge in [0.15, 0.2) is 0 Å². The first-order valence-electron chi connectivity index (χ1n) is 4.29. The fraction of sp³-hybridized carbons (Fsp3) is 0.300. The molecule has 15 heavy (non-hydrogen) atoms. The number of carboxylic acids is 1. The first kappa shape index (κ1) is 11.8. The molecule has 0 saturated heterocycles. The van der Waals surface area contributed by atoms with Gasteiger partial charge < -0.3 is 15.6 Å². The number of methoxy groups -OCH3 is 1. The summed E-state index contributed by atoms with van der Waals surface area (Å²) in [5.74, 6) is -0.574. The minimum absolute atomic E-state index is 0.356. The zero-order chi connectivity index (χ0) is 11.6. The van der Waals surface area contributed by atoms with Gasteiger partial charge in [0.25, 0.3) is 0 Å². The van der Waals surface area contributed by atoms with Gasteiger partial charge in [0.2, 0.25) is 0 Å². The van der Waals surface area contributed by atoms with E-state index in [1.807, 2.05) is 0 Å². The normalized spacial score (nSPS) is 12.3. The Labute approximate surface area is 92.6 Å². The Bertz CT molecular complexity index is 392. The second-order valence-corrected chi connectivity index (χ2v) is 3.57. The minimum atomic E-state index is -1.08. The second kappa shape index (κ2) is 4.51. The van der Waals surface area contributed by atoms with Crippen LogP contribution in [0, 0.1) is 6.92 Å². The molecule has 0 radical (unpaired) electrons. The Morgan fingerprint density at radius 2 is 2.20 bits per heavy atom. The second-order valence-electron chi connectivity index (χ2n) is 3.16. The number of hydrogen-bond donors (Lipinski definition) is 2. The molecule has 0 aliphatic carbocycles. The molecule has 1 aromatic rings. The lowest BCUT2D eigenvalue weighted by Crippen LogP contribution is -2.21. The van der Waals surface area contributed by atoms with E-state index in [9.17, 15) is 4.79 Å². The third-order valence-electron chi connectivity index (χ3n) is 2.14. The maximum Gasteiger partial charge on any atom is 0.325 e. The van der Waals surface area contributed by atoms with Crippen molar-refractivity contribution < 1.29 is 14.6 Å². The summed E-state index contributed by atoms with van der Waals surface area (Å²) < 4.78 is 5.00. The summed E-state index contributed by atoms with van der Waals surface area (Å²) in [6, 6.07) is 2.13. The van der Waals surface area contributed by atoms with Crippen molar-refractivity contribution in [3.63, 3.8) is 0 Å². The molecule has 0 saturated carbocycles. The third-order valence-corrected chi connectivity index (χ3v) is 2.44. The zero-order valence-electron chi connectivity index (χ0n) is 8.45. The van der Waals surface area contributed by atoms with E-state index in [0.717, 1.165) is 5.56 Å². The first-order valence-corrected chi connectivity index (χ1v) is 4.67. The monoisotopic (exact) mass is 229 g/mol. The van der Waals surface area contributed by atoms with Crippen LogP contribution in [0.4, 0.5) is 0 Å². The first-order chi connectivity index (χ1) is 6.97. The third kappa shape index (κ3) is 2.40. The summed E-state index contributed by atoms with van der Waals surface area (Å²) in [5, 5.41) is 9.13. The predicted octanol–water partition coefficient (Wildman–Crippen LogP) is 1.74. The minimum Gasteiger partial charge on any atom is -0.495 e. The summed E-state index contributed by atoms with van der Waals surface area (Å²) in [6.07, 6.45) is 0. The molecule has 5 heteroatoms. The molecule has 3 N–H and O–H groups in total. The van der Waals surface area contributed by atoms with E-state index >= 15 is 0 Å². The van der Waals surface area contributed by atoms with Crippen molar-refractivity contribution in [2.45, 2.75) is 13.0 Å². The number of nitrogens with two attached hydrogens (primary N) is 1. The van der Waals surface area contributed by atoms with E-state index in [1.165, 1.54) is 13.2 Å². The van der Waals surface area contributed by atoms with Gasteiger partial charge in [-0.3, -0.25) is 4.79 Å². The number of aryl methyl sites for hydroxylation is 1. The zero-order valence-corrected chi connectivity index (χ0v) is 9.21. The molecule has 0 aliphatic rings. The fourth-order valence-corrected chi connectivity index (χ4v) is 1.54. The van der Waals surface area contributed by atoms with Crippen LogP contribution in [0.25, 0.3) is 0 Å². The number of halogens is 1. The van der Waals surface area contributed by atoms with Gasteiger partial charge >= 0.3 is 5.97 Å². The fourth-order valence-electron chi connectivity index (χ4n) is 1.29. The lowest BCUT2D eigenvalue weighted by molar-refractivity contribution is -0.138. The van der Waals surface area contributed by atoms with Gasteiger partial charge in [-0.15, -0.1) is 0 Å². The highest BCUT2D eigenvalue weighted by Crippen LogP contribution is 2.30. The number of aliphatic carboxylic acids is 1. The smallest absolute Gasteiger partial charge is 0.325 e. The van der Waals surface area contributed by atoms with Gasteiger partial charge in [-0.25, -0.2) is 0 Å². The van der Waals surface area contributed by atoms with Gasteiger partial charge in [0, 0.05) is 0 Å². The molecule has 0 aliphatic heterocycles. The maximum atomic E-state index is 10.7. The van der Waals surface area contributed by atoms with Gasteiger partial charge in [0.1, 0.15) is 11.8 Å². The van der Waals surface area contributed by atoms with Crippen LogP contribution >= 0.6 is 11.6 Å². The molecule has 0 fully saturated rings. The summed E-state index contributed by atoms with van der Waals surface area (Å²) in [4.78, 5) is 10.7. The van der Waals surface area contributed by atoms with E-state index in [2.05, 4.69) is 0 Å². The largest absolute Gasteiger partial charge is 0.495 e. The van der Waals surface area contributed by atoms with Crippen LogP contribution in [0.1, 0.15) is 17.2 Å². The van der Waals surface area contributed by atoms with E-state index in [1.54, 1.807) is 13.0 Å². The summed E-state index contributed by atoms with van der Waals surface area (Å²) in [5.41, 5.74) is 6.74. The lowest BCUT2D eigenvalue weighted by atomic mass is 10.0. The Morgan fingerprint density at radius 3 is 2.67 bits per heavy atom. The molecule has 0 amide bonds. The van der Waals surface area contributed by atoms with Crippen LogP contribution in [0.5, 0.6) is 5.75 Å². The molecule has 4 nitrogen and oxygen atoms in total. The molecule has 0 spiro atoms. The van der Waals surface area contributed by atoms with Crippen molar-refractivity contribution in [1.82, 2.24) is 0 Å². The highest BCUT2D eigenvalue weighted by molar-refractivity contribution is 6.32. The van der Waals surface area contributed by atoms with Crippen LogP contribution in [-0.2, 0) is 4.79 Å². The summed E-state index contributed by atoms with van der Waals surface area (Å²) in [7, 11) is 1.50. The van der Waals surface area contributed by atoms with Crippen LogP contribution in [0.2, 0.25) is 5.02 Å². The topological polar surface area (TPSA) is 72.5 Å². The van der Waals surface area contributed by atoms with Gasteiger partial charge in [-0.05, 0) is 30.2 Å². The molecule has 1 unspecified atom stereocenters. The molecule has 1 aromatic carbocycles. The number of ether oxygens (including phenoxy) is 1. The highest BCUT2D eigenvalue weighted by atomic mass is 35.5. The van der Waals surface area contributed by atoms with E-state index < -0.39 is 12.0 Å². The quantitative estimate of drug-likeness (QED) is 0.828. The SMILES string of the molecule is COc1cc(C)c(C(N)C(=O)O)cc1Cl. The molecule has 82 valence electrons. The van der Waals surface area contributed by atoms with E-state index in [4.69, 9.17) is 27.2 Å². The molecule has 0 bridgehead atoms. The number of rotatable bonds is 3. The molecule has 1 rings (SSSR count). The van der Waals surface area contributed by atoms with Gasteiger partial charge in [-0.1, -0.05) is 11.6 Å². The van der Waals surface area contributed by atoms with Crippen molar-refractivity contribution >= 4 is 17.6 Å². The molecule has 0 aromatic heterocycles. The summed E-state index contributed by atoms with van der Waals surface area (Å²) in [6.45, 7) is 1.76. The lowest BCUT2D eigenvalue weighted by Gasteiger charge is -2.13. The standard InChI is InChI=1S/C10H12ClNO3/c1-5-3-8(15-2)7(11)4-6(5)9(12)10(13)14/h3-4,9H,12H2,1-2H3,(H,13,14).